The minimum Gasteiger partial charge on any atom is -0.643 e. The number of carbonyl (C=O) groups excluding carboxylic acids is 1. The molecule has 3 aliphatic rings. The van der Waals surface area contributed by atoms with Crippen molar-refractivity contribution in [2.24, 2.45) is 0 Å². The van der Waals surface area contributed by atoms with Crippen molar-refractivity contribution in [1.29, 1.82) is 0 Å². The Hall–Kier alpha value is -1.82. The van der Waals surface area contributed by atoms with Gasteiger partial charge in [0.2, 0.25) is 0 Å². The van der Waals surface area contributed by atoms with Crippen LogP contribution in [0.1, 0.15) is 6.92 Å². The number of nitrogens with one attached hydrogen (secondary N) is 1. The first kappa shape index (κ1) is 14.1. The molecule has 1 spiro atoms. The number of carboxylic acid groups (broad SMARTS) is 1. The molecule has 4 N–H and O–H groups in total. The zero-order valence-electron chi connectivity index (χ0n) is 10.9. The van der Waals surface area contributed by atoms with E-state index in [0.29, 0.717) is 0 Å². The Labute approximate surface area is 118 Å². The lowest BCUT2D eigenvalue weighted by Gasteiger charge is -2.33. The molecule has 21 heavy (non-hydrogen) atoms. The van der Waals surface area contributed by atoms with Crippen LogP contribution in [-0.4, -0.2) is 65.1 Å². The molecular formula is C10H13BNO9-. The van der Waals surface area contributed by atoms with Crippen molar-refractivity contribution in [2.75, 3.05) is 6.61 Å². The lowest BCUT2D eigenvalue weighted by molar-refractivity contribution is -0.149. The Morgan fingerprint density at radius 1 is 1.48 bits per heavy atom. The van der Waals surface area contributed by atoms with Crippen LogP contribution >= 0.6 is 0 Å². The maximum Gasteiger partial charge on any atom is 0.579 e. The summed E-state index contributed by atoms with van der Waals surface area (Å²) >= 11 is 0. The Balaban J connectivity index is 1.81. The maximum atomic E-state index is 11.7. The van der Waals surface area contributed by atoms with Crippen molar-refractivity contribution in [1.82, 2.24) is 5.23 Å². The van der Waals surface area contributed by atoms with Crippen LogP contribution in [0.3, 0.4) is 0 Å². The second kappa shape index (κ2) is 4.60. The summed E-state index contributed by atoms with van der Waals surface area (Å²) in [6, 6.07) is -1.07. The molecule has 1 saturated heterocycles. The maximum absolute atomic E-state index is 11.7. The SMILES string of the molecule is CC1O[B-]2(NC1C(=O)O)OC1=C(O2)C(C(O)CO)OC1=O. The summed E-state index contributed by atoms with van der Waals surface area (Å²) < 4.78 is 20.9. The van der Waals surface area contributed by atoms with Crippen LogP contribution in [0.15, 0.2) is 11.5 Å². The number of carboxylic acids is 1. The second-order valence-corrected chi connectivity index (χ2v) is 4.97. The third-order valence-electron chi connectivity index (χ3n) is 3.51. The van der Waals surface area contributed by atoms with Gasteiger partial charge in [-0.3, -0.25) is 4.79 Å². The van der Waals surface area contributed by atoms with Gasteiger partial charge in [0.05, 0.1) is 6.61 Å². The monoisotopic (exact) mass is 302 g/mol. The predicted octanol–water partition coefficient (Wildman–Crippen LogP) is -2.58. The first-order valence-electron chi connectivity index (χ1n) is 6.30. The number of aliphatic carboxylic acids is 1. The molecule has 0 radical (unpaired) electrons. The number of aliphatic hydroxyl groups excluding tert-OH is 2. The van der Waals surface area contributed by atoms with E-state index in [4.69, 9.17) is 28.9 Å². The predicted molar refractivity (Wildman–Crippen MR) is 63.0 cm³/mol. The quantitative estimate of drug-likeness (QED) is 0.324. The molecular weight excluding hydrogens is 289 g/mol. The van der Waals surface area contributed by atoms with Gasteiger partial charge in [0.15, 0.2) is 11.9 Å². The molecule has 0 aliphatic carbocycles. The number of rotatable bonds is 3. The molecule has 5 unspecified atom stereocenters. The largest absolute Gasteiger partial charge is 0.643 e. The fraction of sp³-hybridized carbons (Fsp3) is 0.600. The van der Waals surface area contributed by atoms with Gasteiger partial charge >= 0.3 is 18.8 Å². The Kier molecular flexibility index (Phi) is 3.09. The summed E-state index contributed by atoms with van der Waals surface area (Å²) in [4.78, 5) is 22.7. The summed E-state index contributed by atoms with van der Waals surface area (Å²) in [6.45, 7) is -1.83. The van der Waals surface area contributed by atoms with E-state index in [2.05, 4.69) is 5.23 Å². The van der Waals surface area contributed by atoms with E-state index in [-0.39, 0.29) is 11.5 Å². The smallest absolute Gasteiger partial charge is 0.579 e. The van der Waals surface area contributed by atoms with Gasteiger partial charge in [0.25, 0.3) is 0 Å². The summed E-state index contributed by atoms with van der Waals surface area (Å²) in [5.74, 6) is -2.45. The van der Waals surface area contributed by atoms with Crippen molar-refractivity contribution in [3.63, 3.8) is 0 Å². The molecule has 10 nitrogen and oxygen atoms in total. The minimum atomic E-state index is -2.69. The van der Waals surface area contributed by atoms with Crippen LogP contribution in [0, 0.1) is 0 Å². The van der Waals surface area contributed by atoms with E-state index in [0.717, 1.165) is 0 Å². The van der Waals surface area contributed by atoms with E-state index in [9.17, 15) is 14.7 Å². The fourth-order valence-corrected chi connectivity index (χ4v) is 2.53. The summed E-state index contributed by atoms with van der Waals surface area (Å²) in [7, 11) is 0. The van der Waals surface area contributed by atoms with Gasteiger partial charge in [-0.05, 0) is 6.92 Å². The van der Waals surface area contributed by atoms with Gasteiger partial charge < -0.3 is 39.2 Å². The number of aliphatic hydroxyl groups is 2. The molecule has 0 aromatic carbocycles. The van der Waals surface area contributed by atoms with Gasteiger partial charge in [0.1, 0.15) is 17.9 Å². The molecule has 11 heteroatoms. The van der Waals surface area contributed by atoms with Gasteiger partial charge in [-0.15, -0.1) is 0 Å². The number of esters is 1. The standard InChI is InChI=1S/C10H13BNO9/c1-3-5(9(15)16)12-11(19-3)20-7-6(4(14)2-13)18-10(17)8(7)21-11/h3-6,12-14H,2H2,1H3,(H,15,16)/q-1. The molecule has 0 bridgehead atoms. The van der Waals surface area contributed by atoms with Crippen LogP contribution in [-0.2, 0) is 28.3 Å². The van der Waals surface area contributed by atoms with E-state index in [1.54, 1.807) is 0 Å². The average molecular weight is 302 g/mol. The Bertz CT molecular complexity index is 537. The molecule has 0 saturated carbocycles. The number of cyclic esters (lactones) is 1. The van der Waals surface area contributed by atoms with Crippen LogP contribution in [0.4, 0.5) is 0 Å². The summed E-state index contributed by atoms with van der Waals surface area (Å²) in [5.41, 5.74) is 0. The van der Waals surface area contributed by atoms with Crippen molar-refractivity contribution >= 4 is 18.8 Å². The number of carbonyl (C=O) groups is 2. The topological polar surface area (TPSA) is 144 Å². The minimum absolute atomic E-state index is 0.118. The molecule has 5 atom stereocenters. The van der Waals surface area contributed by atoms with E-state index < -0.39 is 49.8 Å². The lowest BCUT2D eigenvalue weighted by atomic mass is 9.98. The van der Waals surface area contributed by atoms with Gasteiger partial charge in [0, 0.05) is 6.10 Å². The Morgan fingerprint density at radius 3 is 2.76 bits per heavy atom. The Morgan fingerprint density at radius 2 is 2.19 bits per heavy atom. The first-order valence-corrected chi connectivity index (χ1v) is 6.30. The molecule has 3 aliphatic heterocycles. The highest BCUT2D eigenvalue weighted by Gasteiger charge is 2.57. The third kappa shape index (κ3) is 2.05. The highest BCUT2D eigenvalue weighted by molar-refractivity contribution is 6.61. The number of hydrogen-bond donors (Lipinski definition) is 4. The molecule has 3 heterocycles. The van der Waals surface area contributed by atoms with E-state index >= 15 is 0 Å². The fourth-order valence-electron chi connectivity index (χ4n) is 2.53. The normalized spacial score (nSPS) is 39.0. The van der Waals surface area contributed by atoms with Crippen LogP contribution in [0.2, 0.25) is 0 Å². The van der Waals surface area contributed by atoms with Gasteiger partial charge in [-0.2, -0.15) is 0 Å². The van der Waals surface area contributed by atoms with Crippen LogP contribution in [0.5, 0.6) is 0 Å². The van der Waals surface area contributed by atoms with E-state index in [1.807, 2.05) is 0 Å². The number of hydrogen-bond acceptors (Lipinski definition) is 9. The van der Waals surface area contributed by atoms with Gasteiger partial charge in [-0.1, -0.05) is 0 Å². The van der Waals surface area contributed by atoms with E-state index in [1.165, 1.54) is 6.92 Å². The first-order chi connectivity index (χ1) is 9.87. The van der Waals surface area contributed by atoms with Crippen LogP contribution < -0.4 is 5.23 Å². The molecule has 0 aromatic heterocycles. The average Bonchev–Trinajstić information content (AvgIpc) is 3.04. The molecule has 116 valence electrons. The molecule has 0 amide bonds. The highest BCUT2D eigenvalue weighted by atomic mass is 16.8. The lowest BCUT2D eigenvalue weighted by Crippen LogP contribution is -2.55. The van der Waals surface area contributed by atoms with Crippen molar-refractivity contribution in [2.45, 2.75) is 31.3 Å². The van der Waals surface area contributed by atoms with Crippen molar-refractivity contribution < 1.29 is 43.6 Å². The summed E-state index contributed by atoms with van der Waals surface area (Å²) in [5, 5.41) is 30.1. The van der Waals surface area contributed by atoms with Crippen molar-refractivity contribution in [3.8, 4) is 0 Å². The number of ether oxygens (including phenoxy) is 1. The summed E-state index contributed by atoms with van der Waals surface area (Å²) in [6.07, 6.45) is -3.35. The second-order valence-electron chi connectivity index (χ2n) is 4.97. The highest BCUT2D eigenvalue weighted by Crippen LogP contribution is 2.39. The third-order valence-corrected chi connectivity index (χ3v) is 3.51. The van der Waals surface area contributed by atoms with Gasteiger partial charge in [-0.25, -0.2) is 4.79 Å². The van der Waals surface area contributed by atoms with Crippen molar-refractivity contribution in [3.05, 3.63) is 11.5 Å². The zero-order chi connectivity index (χ0) is 15.4. The molecule has 1 fully saturated rings. The van der Waals surface area contributed by atoms with Crippen LogP contribution in [0.25, 0.3) is 0 Å². The molecule has 0 aromatic rings. The zero-order valence-corrected chi connectivity index (χ0v) is 10.9. The molecule has 3 rings (SSSR count).